The molecule has 3 aromatic carbocycles. The molecule has 2 amide bonds. The van der Waals surface area contributed by atoms with Gasteiger partial charge in [0.2, 0.25) is 5.91 Å². The summed E-state index contributed by atoms with van der Waals surface area (Å²) in [6.45, 7) is 1.79. The number of carbonyl (C=O) groups excluding carboxylic acids is 2. The van der Waals surface area contributed by atoms with Gasteiger partial charge in [-0.25, -0.2) is 0 Å². The molecule has 0 atom stereocenters. The van der Waals surface area contributed by atoms with Crippen molar-refractivity contribution in [3.8, 4) is 5.75 Å². The summed E-state index contributed by atoms with van der Waals surface area (Å²) < 4.78 is 6.10. The Kier molecular flexibility index (Phi) is 5.44. The van der Waals surface area contributed by atoms with Crippen molar-refractivity contribution < 1.29 is 14.3 Å². The first kappa shape index (κ1) is 19.0. The minimum absolute atomic E-state index is 0.260. The summed E-state index contributed by atoms with van der Waals surface area (Å²) in [5.41, 5.74) is 1.87. The van der Waals surface area contributed by atoms with Crippen LogP contribution in [0.3, 0.4) is 0 Å². The standard InChI is InChI=1S/C23H18N2O3S/c1-15(26)24-23-25-22(27)21(29-23)13-17-8-3-5-12-20(17)28-14-18-10-6-9-16-7-2-4-11-19(16)18/h2-13H,14H2,1H3,(H,24,25,26,27)/b21-13-. The van der Waals surface area contributed by atoms with E-state index in [1.807, 2.05) is 48.5 Å². The molecule has 0 radical (unpaired) electrons. The minimum atomic E-state index is -0.373. The molecule has 144 valence electrons. The summed E-state index contributed by atoms with van der Waals surface area (Å²) in [5.74, 6) is 0.0426. The zero-order valence-corrected chi connectivity index (χ0v) is 16.5. The number of aliphatic imine (C=N–C) groups is 1. The van der Waals surface area contributed by atoms with Crippen LogP contribution in [0, 0.1) is 0 Å². The molecule has 6 heteroatoms. The number of hydrogen-bond donors (Lipinski definition) is 1. The van der Waals surface area contributed by atoms with Crippen molar-refractivity contribution in [2.45, 2.75) is 13.5 Å². The van der Waals surface area contributed by atoms with Gasteiger partial charge in [0.15, 0.2) is 5.17 Å². The van der Waals surface area contributed by atoms with Crippen LogP contribution in [-0.4, -0.2) is 17.0 Å². The van der Waals surface area contributed by atoms with Crippen molar-refractivity contribution in [1.29, 1.82) is 0 Å². The number of hydrogen-bond acceptors (Lipinski definition) is 4. The maximum absolute atomic E-state index is 12.1. The van der Waals surface area contributed by atoms with Gasteiger partial charge in [-0.05, 0) is 40.2 Å². The van der Waals surface area contributed by atoms with Crippen molar-refractivity contribution >= 4 is 45.6 Å². The van der Waals surface area contributed by atoms with Crippen LogP contribution in [0.5, 0.6) is 5.75 Å². The molecule has 0 saturated heterocycles. The van der Waals surface area contributed by atoms with Gasteiger partial charge in [0.1, 0.15) is 12.4 Å². The maximum Gasteiger partial charge on any atom is 0.286 e. The molecule has 29 heavy (non-hydrogen) atoms. The number of nitrogens with one attached hydrogen (secondary N) is 1. The van der Waals surface area contributed by atoms with Crippen LogP contribution < -0.4 is 10.1 Å². The Hall–Kier alpha value is -3.38. The first-order valence-corrected chi connectivity index (χ1v) is 9.90. The van der Waals surface area contributed by atoms with E-state index in [9.17, 15) is 9.59 Å². The minimum Gasteiger partial charge on any atom is -0.488 e. The third-order valence-electron chi connectivity index (χ3n) is 4.37. The Bertz CT molecular complexity index is 1160. The molecule has 1 N–H and O–H groups in total. The molecular formula is C23H18N2O3S. The average molecular weight is 402 g/mol. The van der Waals surface area contributed by atoms with E-state index in [0.29, 0.717) is 22.4 Å². The number of fused-ring (bicyclic) bond motifs is 1. The van der Waals surface area contributed by atoms with E-state index in [1.165, 1.54) is 12.3 Å². The van der Waals surface area contributed by atoms with Crippen LogP contribution in [0.15, 0.2) is 76.6 Å². The van der Waals surface area contributed by atoms with Crippen LogP contribution in [0.1, 0.15) is 18.1 Å². The van der Waals surface area contributed by atoms with E-state index in [-0.39, 0.29) is 11.8 Å². The van der Waals surface area contributed by atoms with E-state index < -0.39 is 0 Å². The van der Waals surface area contributed by atoms with E-state index in [0.717, 1.165) is 28.3 Å². The van der Waals surface area contributed by atoms with E-state index in [4.69, 9.17) is 4.74 Å². The highest BCUT2D eigenvalue weighted by Gasteiger charge is 2.23. The second kappa shape index (κ2) is 8.32. The largest absolute Gasteiger partial charge is 0.488 e. The molecule has 1 aliphatic rings. The topological polar surface area (TPSA) is 67.8 Å². The van der Waals surface area contributed by atoms with Crippen LogP contribution in [0.4, 0.5) is 0 Å². The Balaban J connectivity index is 1.55. The fourth-order valence-corrected chi connectivity index (χ4v) is 3.91. The van der Waals surface area contributed by atoms with Crippen molar-refractivity contribution in [3.05, 3.63) is 82.8 Å². The summed E-state index contributed by atoms with van der Waals surface area (Å²) in [7, 11) is 0. The van der Waals surface area contributed by atoms with E-state index >= 15 is 0 Å². The summed E-state index contributed by atoms with van der Waals surface area (Å²) in [6, 6.07) is 21.9. The highest BCUT2D eigenvalue weighted by Crippen LogP contribution is 2.31. The van der Waals surface area contributed by atoms with Gasteiger partial charge in [-0.1, -0.05) is 60.7 Å². The van der Waals surface area contributed by atoms with Crippen LogP contribution in [-0.2, 0) is 16.2 Å². The molecule has 3 aromatic rings. The van der Waals surface area contributed by atoms with E-state index in [2.05, 4.69) is 28.5 Å². The van der Waals surface area contributed by atoms with Gasteiger partial charge in [-0.3, -0.25) is 9.59 Å². The first-order valence-electron chi connectivity index (χ1n) is 9.09. The molecule has 1 aliphatic heterocycles. The lowest BCUT2D eigenvalue weighted by Crippen LogP contribution is -2.23. The molecule has 0 aliphatic carbocycles. The van der Waals surface area contributed by atoms with Gasteiger partial charge in [0.25, 0.3) is 5.91 Å². The zero-order valence-electron chi connectivity index (χ0n) is 15.7. The molecular weight excluding hydrogens is 384 g/mol. The quantitative estimate of drug-likeness (QED) is 0.652. The number of nitrogens with zero attached hydrogens (tertiary/aromatic N) is 1. The molecule has 0 unspecified atom stereocenters. The van der Waals surface area contributed by atoms with Crippen LogP contribution in [0.25, 0.3) is 16.8 Å². The highest BCUT2D eigenvalue weighted by atomic mass is 32.2. The number of benzene rings is 3. The van der Waals surface area contributed by atoms with Gasteiger partial charge in [0.05, 0.1) is 4.91 Å². The van der Waals surface area contributed by atoms with Crippen molar-refractivity contribution in [1.82, 2.24) is 5.32 Å². The van der Waals surface area contributed by atoms with E-state index in [1.54, 1.807) is 6.08 Å². The zero-order chi connectivity index (χ0) is 20.2. The van der Waals surface area contributed by atoms with Gasteiger partial charge in [-0.2, -0.15) is 4.99 Å². The van der Waals surface area contributed by atoms with Crippen LogP contribution >= 0.6 is 11.8 Å². The third kappa shape index (κ3) is 4.38. The molecule has 0 spiro atoms. The second-order valence-corrected chi connectivity index (χ2v) is 7.51. The summed E-state index contributed by atoms with van der Waals surface area (Å²) in [4.78, 5) is 27.6. The van der Waals surface area contributed by atoms with Gasteiger partial charge in [-0.15, -0.1) is 0 Å². The second-order valence-electron chi connectivity index (χ2n) is 6.48. The summed E-state index contributed by atoms with van der Waals surface area (Å²) in [5, 5.41) is 5.16. The highest BCUT2D eigenvalue weighted by molar-refractivity contribution is 8.18. The van der Waals surface area contributed by atoms with Crippen molar-refractivity contribution in [2.75, 3.05) is 0 Å². The number of carbonyl (C=O) groups is 2. The predicted molar refractivity (Wildman–Crippen MR) is 117 cm³/mol. The molecule has 5 nitrogen and oxygen atoms in total. The number of para-hydroxylation sites is 1. The summed E-state index contributed by atoms with van der Waals surface area (Å²) in [6.07, 6.45) is 1.74. The van der Waals surface area contributed by atoms with Crippen LogP contribution in [0.2, 0.25) is 0 Å². The van der Waals surface area contributed by atoms with Gasteiger partial charge < -0.3 is 10.1 Å². The smallest absolute Gasteiger partial charge is 0.286 e. The lowest BCUT2D eigenvalue weighted by atomic mass is 10.1. The predicted octanol–water partition coefficient (Wildman–Crippen LogP) is 4.53. The van der Waals surface area contributed by atoms with Gasteiger partial charge in [0, 0.05) is 12.5 Å². The monoisotopic (exact) mass is 402 g/mol. The molecule has 0 aromatic heterocycles. The van der Waals surface area contributed by atoms with Crippen molar-refractivity contribution in [2.24, 2.45) is 4.99 Å². The number of thioether (sulfide) groups is 1. The third-order valence-corrected chi connectivity index (χ3v) is 5.27. The number of rotatable bonds is 4. The number of ether oxygens (including phenoxy) is 1. The molecule has 1 heterocycles. The molecule has 0 bridgehead atoms. The fraction of sp³-hybridized carbons (Fsp3) is 0.0870. The molecule has 0 fully saturated rings. The first-order chi connectivity index (χ1) is 14.1. The number of amidine groups is 1. The maximum atomic E-state index is 12.1. The van der Waals surface area contributed by atoms with Gasteiger partial charge >= 0.3 is 0 Å². The number of amides is 2. The molecule has 0 saturated carbocycles. The average Bonchev–Trinajstić information content (AvgIpc) is 3.05. The summed E-state index contributed by atoms with van der Waals surface area (Å²) >= 11 is 1.14. The SMILES string of the molecule is CC(=O)NC1=NC(=O)/C(=C/c2ccccc2OCc2cccc3ccccc23)S1. The Morgan fingerprint density at radius 1 is 1.07 bits per heavy atom. The van der Waals surface area contributed by atoms with Crippen molar-refractivity contribution in [3.63, 3.8) is 0 Å². The molecule has 4 rings (SSSR count). The lowest BCUT2D eigenvalue weighted by molar-refractivity contribution is -0.117. The normalized spacial score (nSPS) is 14.9. The Morgan fingerprint density at radius 2 is 1.83 bits per heavy atom. The lowest BCUT2D eigenvalue weighted by Gasteiger charge is -2.11. The Morgan fingerprint density at radius 3 is 2.69 bits per heavy atom. The fourth-order valence-electron chi connectivity index (χ4n) is 3.06. The Labute approximate surface area is 172 Å².